The van der Waals surface area contributed by atoms with Gasteiger partial charge in [-0.2, -0.15) is 0 Å². The fourth-order valence-corrected chi connectivity index (χ4v) is 1.16. The largest absolute Gasteiger partial charge is 0.424 e. The molecular formula is C11H21N3O. The van der Waals surface area contributed by atoms with Crippen LogP contribution in [0.2, 0.25) is 0 Å². The molecule has 0 aromatic carbocycles. The normalized spacial score (nSPS) is 11.6. The number of hydrogen-bond acceptors (Lipinski definition) is 4. The smallest absolute Gasteiger partial charge is 0.230 e. The lowest BCUT2D eigenvalue weighted by atomic mass is 10.1. The highest BCUT2D eigenvalue weighted by Gasteiger charge is 2.06. The summed E-state index contributed by atoms with van der Waals surface area (Å²) in [5.74, 6) is 2.11. The number of aryl methyl sites for hydroxylation is 1. The minimum atomic E-state index is 0.441. The van der Waals surface area contributed by atoms with E-state index in [0.717, 1.165) is 18.7 Å². The van der Waals surface area contributed by atoms with Crippen LogP contribution in [0.1, 0.15) is 45.9 Å². The molecule has 0 saturated carbocycles. The molecule has 0 saturated heterocycles. The highest BCUT2D eigenvalue weighted by Crippen LogP contribution is 2.07. The quantitative estimate of drug-likeness (QED) is 0.783. The van der Waals surface area contributed by atoms with Crippen LogP contribution in [0.5, 0.6) is 0 Å². The Bertz CT molecular complexity index is 255. The second-order valence-corrected chi connectivity index (χ2v) is 4.56. The van der Waals surface area contributed by atoms with E-state index < -0.39 is 0 Å². The Morgan fingerprint density at radius 1 is 1.13 bits per heavy atom. The molecule has 0 atom stereocenters. The summed E-state index contributed by atoms with van der Waals surface area (Å²) in [5, 5.41) is 11.2. The van der Waals surface area contributed by atoms with Gasteiger partial charge >= 0.3 is 0 Å². The highest BCUT2D eigenvalue weighted by atomic mass is 16.4. The van der Waals surface area contributed by atoms with Crippen LogP contribution >= 0.6 is 0 Å². The molecule has 4 nitrogen and oxygen atoms in total. The summed E-state index contributed by atoms with van der Waals surface area (Å²) < 4.78 is 5.50. The molecule has 0 fully saturated rings. The van der Waals surface area contributed by atoms with Gasteiger partial charge in [0.1, 0.15) is 0 Å². The van der Waals surface area contributed by atoms with Gasteiger partial charge < -0.3 is 9.73 Å². The number of aromatic nitrogens is 2. The maximum absolute atomic E-state index is 5.50. The van der Waals surface area contributed by atoms with Crippen molar-refractivity contribution in [2.45, 2.75) is 53.1 Å². The van der Waals surface area contributed by atoms with E-state index in [4.69, 9.17) is 4.42 Å². The van der Waals surface area contributed by atoms with Gasteiger partial charge in [-0.1, -0.05) is 27.7 Å². The standard InChI is InChI=1S/C11H21N3O/c1-8(2)5-6-10-13-14-11(15-10)7-12-9(3)4/h8-9,12H,5-7H2,1-4H3. The lowest BCUT2D eigenvalue weighted by molar-refractivity contribution is 0.409. The Morgan fingerprint density at radius 3 is 2.40 bits per heavy atom. The molecule has 1 aromatic heterocycles. The molecule has 1 aromatic rings. The van der Waals surface area contributed by atoms with Crippen molar-refractivity contribution in [1.29, 1.82) is 0 Å². The van der Waals surface area contributed by atoms with Crippen molar-refractivity contribution in [2.75, 3.05) is 0 Å². The molecule has 86 valence electrons. The zero-order valence-corrected chi connectivity index (χ0v) is 10.1. The molecule has 0 bridgehead atoms. The van der Waals surface area contributed by atoms with Crippen molar-refractivity contribution in [3.63, 3.8) is 0 Å². The monoisotopic (exact) mass is 211 g/mol. The summed E-state index contributed by atoms with van der Waals surface area (Å²) in [6, 6.07) is 0.441. The van der Waals surface area contributed by atoms with Gasteiger partial charge in [0, 0.05) is 12.5 Å². The van der Waals surface area contributed by atoms with E-state index in [0.29, 0.717) is 24.4 Å². The second-order valence-electron chi connectivity index (χ2n) is 4.56. The predicted molar refractivity (Wildman–Crippen MR) is 59.4 cm³/mol. The van der Waals surface area contributed by atoms with E-state index in [9.17, 15) is 0 Å². The fourth-order valence-electron chi connectivity index (χ4n) is 1.16. The van der Waals surface area contributed by atoms with Gasteiger partial charge in [0.05, 0.1) is 6.54 Å². The first-order valence-electron chi connectivity index (χ1n) is 5.62. The van der Waals surface area contributed by atoms with Crippen LogP contribution in [-0.4, -0.2) is 16.2 Å². The Hall–Kier alpha value is -0.900. The third-order valence-corrected chi connectivity index (χ3v) is 2.11. The van der Waals surface area contributed by atoms with Crippen LogP contribution < -0.4 is 5.32 Å². The first kappa shape index (κ1) is 12.2. The van der Waals surface area contributed by atoms with Crippen molar-refractivity contribution >= 4 is 0 Å². The first-order valence-corrected chi connectivity index (χ1v) is 5.62. The minimum Gasteiger partial charge on any atom is -0.424 e. The van der Waals surface area contributed by atoms with Gasteiger partial charge in [-0.15, -0.1) is 10.2 Å². The molecule has 0 spiro atoms. The maximum atomic E-state index is 5.50. The van der Waals surface area contributed by atoms with Crippen LogP contribution in [0.25, 0.3) is 0 Å². The van der Waals surface area contributed by atoms with Crippen molar-refractivity contribution in [2.24, 2.45) is 5.92 Å². The first-order chi connectivity index (χ1) is 7.08. The van der Waals surface area contributed by atoms with Gasteiger partial charge in [-0.25, -0.2) is 0 Å². The Kier molecular flexibility index (Phi) is 4.75. The van der Waals surface area contributed by atoms with Crippen molar-refractivity contribution in [1.82, 2.24) is 15.5 Å². The molecule has 0 amide bonds. The molecule has 1 N–H and O–H groups in total. The summed E-state index contributed by atoms with van der Waals surface area (Å²) in [7, 11) is 0. The van der Waals surface area contributed by atoms with E-state index in [1.807, 2.05) is 0 Å². The van der Waals surface area contributed by atoms with Gasteiger partial charge in [0.15, 0.2) is 0 Å². The fraction of sp³-hybridized carbons (Fsp3) is 0.818. The van der Waals surface area contributed by atoms with Crippen molar-refractivity contribution < 1.29 is 4.42 Å². The Labute approximate surface area is 91.5 Å². The van der Waals surface area contributed by atoms with E-state index in [-0.39, 0.29) is 0 Å². The molecule has 1 heterocycles. The van der Waals surface area contributed by atoms with E-state index in [1.165, 1.54) is 0 Å². The average Bonchev–Trinajstić information content (AvgIpc) is 2.59. The summed E-state index contributed by atoms with van der Waals surface area (Å²) in [6.07, 6.45) is 1.98. The predicted octanol–water partition coefficient (Wildman–Crippen LogP) is 2.16. The summed E-state index contributed by atoms with van der Waals surface area (Å²) in [4.78, 5) is 0. The van der Waals surface area contributed by atoms with Crippen LogP contribution in [0.4, 0.5) is 0 Å². The average molecular weight is 211 g/mol. The van der Waals surface area contributed by atoms with Gasteiger partial charge in [-0.3, -0.25) is 0 Å². The minimum absolute atomic E-state index is 0.441. The lowest BCUT2D eigenvalue weighted by Gasteiger charge is -2.03. The highest BCUT2D eigenvalue weighted by molar-refractivity contribution is 4.82. The van der Waals surface area contributed by atoms with E-state index in [2.05, 4.69) is 43.2 Å². The molecule has 0 radical (unpaired) electrons. The molecule has 15 heavy (non-hydrogen) atoms. The van der Waals surface area contributed by atoms with Crippen LogP contribution in [-0.2, 0) is 13.0 Å². The SMILES string of the molecule is CC(C)CCc1nnc(CNC(C)C)o1. The van der Waals surface area contributed by atoms with Crippen LogP contribution in [0.3, 0.4) is 0 Å². The van der Waals surface area contributed by atoms with Crippen molar-refractivity contribution in [3.8, 4) is 0 Å². The van der Waals surface area contributed by atoms with E-state index >= 15 is 0 Å². The Morgan fingerprint density at radius 2 is 1.80 bits per heavy atom. The Balaban J connectivity index is 2.35. The maximum Gasteiger partial charge on any atom is 0.230 e. The van der Waals surface area contributed by atoms with Crippen LogP contribution in [0.15, 0.2) is 4.42 Å². The van der Waals surface area contributed by atoms with Crippen molar-refractivity contribution in [3.05, 3.63) is 11.8 Å². The second kappa shape index (κ2) is 5.85. The van der Waals surface area contributed by atoms with Gasteiger partial charge in [0.25, 0.3) is 0 Å². The number of nitrogens with zero attached hydrogens (tertiary/aromatic N) is 2. The number of hydrogen-bond donors (Lipinski definition) is 1. The molecular weight excluding hydrogens is 190 g/mol. The van der Waals surface area contributed by atoms with Gasteiger partial charge in [-0.05, 0) is 12.3 Å². The molecule has 0 aliphatic heterocycles. The van der Waals surface area contributed by atoms with Gasteiger partial charge in [0.2, 0.25) is 11.8 Å². The van der Waals surface area contributed by atoms with E-state index in [1.54, 1.807) is 0 Å². The molecule has 0 unspecified atom stereocenters. The third kappa shape index (κ3) is 4.93. The zero-order valence-electron chi connectivity index (χ0n) is 10.1. The summed E-state index contributed by atoms with van der Waals surface area (Å²) in [6.45, 7) is 9.23. The van der Waals surface area contributed by atoms with Crippen LogP contribution in [0, 0.1) is 5.92 Å². The summed E-state index contributed by atoms with van der Waals surface area (Å²) in [5.41, 5.74) is 0. The number of nitrogens with one attached hydrogen (secondary N) is 1. The molecule has 4 heteroatoms. The third-order valence-electron chi connectivity index (χ3n) is 2.11. The molecule has 0 aliphatic rings. The zero-order chi connectivity index (χ0) is 11.3. The molecule has 0 aliphatic carbocycles. The lowest BCUT2D eigenvalue weighted by Crippen LogP contribution is -2.21. The number of rotatable bonds is 6. The summed E-state index contributed by atoms with van der Waals surface area (Å²) >= 11 is 0. The molecule has 1 rings (SSSR count). The topological polar surface area (TPSA) is 51.0 Å².